The van der Waals surface area contributed by atoms with Gasteiger partial charge in [-0.25, -0.2) is 0 Å². The lowest BCUT2D eigenvalue weighted by Crippen LogP contribution is -2.30. The third-order valence-electron chi connectivity index (χ3n) is 4.96. The zero-order chi connectivity index (χ0) is 23.4. The predicted octanol–water partition coefficient (Wildman–Crippen LogP) is 6.17. The Morgan fingerprint density at radius 2 is 1.73 bits per heavy atom. The van der Waals surface area contributed by atoms with Crippen molar-refractivity contribution in [3.8, 4) is 6.07 Å². The van der Waals surface area contributed by atoms with E-state index in [2.05, 4.69) is 21.2 Å². The van der Waals surface area contributed by atoms with Gasteiger partial charge < -0.3 is 5.32 Å². The van der Waals surface area contributed by atoms with Crippen molar-refractivity contribution in [2.45, 2.75) is 11.7 Å². The smallest absolute Gasteiger partial charge is 0.269 e. The lowest BCUT2D eigenvalue weighted by atomic mass is 10.1. The van der Waals surface area contributed by atoms with Crippen LogP contribution in [0.4, 0.5) is 11.4 Å². The largest absolute Gasteiger partial charge is 0.321 e. The zero-order valence-electron chi connectivity index (χ0n) is 17.2. The summed E-state index contributed by atoms with van der Waals surface area (Å²) in [6.07, 6.45) is 0.485. The van der Waals surface area contributed by atoms with Crippen molar-refractivity contribution in [3.63, 3.8) is 0 Å². The number of anilines is 2. The van der Waals surface area contributed by atoms with E-state index in [1.807, 2.05) is 48.5 Å². The Labute approximate surface area is 209 Å². The summed E-state index contributed by atoms with van der Waals surface area (Å²) in [7, 11) is 0. The number of carbonyl (C=O) groups excluding carboxylic acids is 2. The molecule has 4 rings (SSSR count). The molecule has 164 valence electrons. The fraction of sp³-hybridized carbons (Fsp3) is 0.0800. The number of hydrogen-bond donors (Lipinski definition) is 1. The van der Waals surface area contributed by atoms with E-state index in [0.29, 0.717) is 27.8 Å². The van der Waals surface area contributed by atoms with Crippen LogP contribution in [0.3, 0.4) is 0 Å². The number of halogens is 2. The van der Waals surface area contributed by atoms with Crippen LogP contribution < -0.4 is 10.2 Å². The minimum absolute atomic E-state index is 0.123. The molecule has 1 atom stereocenters. The van der Waals surface area contributed by atoms with Crippen LogP contribution in [0.25, 0.3) is 0 Å². The highest BCUT2D eigenvalue weighted by Crippen LogP contribution is 2.42. The van der Waals surface area contributed by atoms with E-state index in [9.17, 15) is 14.9 Å². The third kappa shape index (κ3) is 5.31. The second kappa shape index (κ2) is 10.3. The molecule has 5 nitrogen and oxygen atoms in total. The summed E-state index contributed by atoms with van der Waals surface area (Å²) in [6.45, 7) is 0. The van der Waals surface area contributed by atoms with Crippen molar-refractivity contribution in [1.82, 2.24) is 0 Å². The first kappa shape index (κ1) is 23.1. The molecule has 0 aromatic heterocycles. The Kier molecular flexibility index (Phi) is 7.19. The highest BCUT2D eigenvalue weighted by atomic mass is 79.9. The van der Waals surface area contributed by atoms with Crippen molar-refractivity contribution in [3.05, 3.63) is 105 Å². The Morgan fingerprint density at radius 1 is 1.06 bits per heavy atom. The summed E-state index contributed by atoms with van der Waals surface area (Å²) >= 11 is 10.5. The van der Waals surface area contributed by atoms with Gasteiger partial charge in [-0.2, -0.15) is 5.26 Å². The lowest BCUT2D eigenvalue weighted by molar-refractivity contribution is -0.117. The number of nitrogens with zero attached hydrogens (tertiary/aromatic N) is 2. The van der Waals surface area contributed by atoms with Gasteiger partial charge >= 0.3 is 0 Å². The van der Waals surface area contributed by atoms with Gasteiger partial charge in [-0.1, -0.05) is 69.6 Å². The average Bonchev–Trinajstić information content (AvgIpc) is 3.12. The molecule has 33 heavy (non-hydrogen) atoms. The van der Waals surface area contributed by atoms with Crippen molar-refractivity contribution in [2.24, 2.45) is 0 Å². The third-order valence-corrected chi connectivity index (χ3v) is 7.00. The highest BCUT2D eigenvalue weighted by molar-refractivity contribution is 9.10. The Balaban J connectivity index is 1.72. The number of benzene rings is 3. The van der Waals surface area contributed by atoms with Crippen LogP contribution in [0.1, 0.15) is 5.56 Å². The molecule has 1 N–H and O–H groups in total. The SMILES string of the molecule is N#C/C(C(=O)Nc1ccc(Cl)cc1)=C1/SC(Cc2ccccc2)C(=O)N1c1ccc(Br)cc1. The minimum atomic E-state index is -0.586. The van der Waals surface area contributed by atoms with Crippen LogP contribution >= 0.6 is 39.3 Å². The molecule has 1 aliphatic heterocycles. The number of amides is 2. The van der Waals surface area contributed by atoms with E-state index in [0.717, 1.165) is 10.0 Å². The minimum Gasteiger partial charge on any atom is -0.321 e. The Bertz CT molecular complexity index is 1260. The number of carbonyl (C=O) groups is 2. The van der Waals surface area contributed by atoms with Gasteiger partial charge in [-0.05, 0) is 60.5 Å². The summed E-state index contributed by atoms with van der Waals surface area (Å²) in [6, 6.07) is 25.5. The molecule has 1 fully saturated rings. The van der Waals surface area contributed by atoms with Crippen molar-refractivity contribution >= 4 is 62.5 Å². The van der Waals surface area contributed by atoms with Crippen LogP contribution in [0, 0.1) is 11.3 Å². The normalized spacial score (nSPS) is 16.9. The van der Waals surface area contributed by atoms with Crippen LogP contribution in [-0.2, 0) is 16.0 Å². The van der Waals surface area contributed by atoms with Crippen LogP contribution in [0.15, 0.2) is 93.9 Å². The molecule has 0 saturated carbocycles. The molecule has 0 bridgehead atoms. The Hall–Kier alpha value is -3.05. The molecule has 0 spiro atoms. The van der Waals surface area contributed by atoms with Gasteiger partial charge in [0.15, 0.2) is 0 Å². The van der Waals surface area contributed by atoms with Crippen molar-refractivity contribution < 1.29 is 9.59 Å². The summed E-state index contributed by atoms with van der Waals surface area (Å²) in [4.78, 5) is 27.9. The predicted molar refractivity (Wildman–Crippen MR) is 136 cm³/mol. The molecule has 3 aromatic carbocycles. The molecule has 1 aliphatic rings. The monoisotopic (exact) mass is 537 g/mol. The summed E-state index contributed by atoms with van der Waals surface area (Å²) in [5.41, 5.74) is 1.97. The van der Waals surface area contributed by atoms with Gasteiger partial charge in [0, 0.05) is 20.9 Å². The van der Waals surface area contributed by atoms with Gasteiger partial charge in [0.2, 0.25) is 5.91 Å². The summed E-state index contributed by atoms with van der Waals surface area (Å²) in [5.74, 6) is -0.759. The van der Waals surface area contributed by atoms with Crippen LogP contribution in [0.2, 0.25) is 5.02 Å². The van der Waals surface area contributed by atoms with Crippen molar-refractivity contribution in [1.29, 1.82) is 5.26 Å². The number of rotatable bonds is 5. The fourth-order valence-electron chi connectivity index (χ4n) is 3.37. The molecular formula is C25H17BrClN3O2S. The molecule has 0 radical (unpaired) electrons. The van der Waals surface area contributed by atoms with Crippen LogP contribution in [-0.4, -0.2) is 17.1 Å². The van der Waals surface area contributed by atoms with E-state index in [1.54, 1.807) is 36.4 Å². The molecule has 1 heterocycles. The lowest BCUT2D eigenvalue weighted by Gasteiger charge is -2.19. The maximum absolute atomic E-state index is 13.4. The summed E-state index contributed by atoms with van der Waals surface area (Å²) in [5, 5.41) is 13.0. The second-order valence-corrected chi connectivity index (χ2v) is 9.74. The number of hydrogen-bond acceptors (Lipinski definition) is 4. The zero-order valence-corrected chi connectivity index (χ0v) is 20.3. The topological polar surface area (TPSA) is 73.2 Å². The first-order valence-electron chi connectivity index (χ1n) is 9.97. The van der Waals surface area contributed by atoms with E-state index in [4.69, 9.17) is 11.6 Å². The molecule has 2 amide bonds. The van der Waals surface area contributed by atoms with Gasteiger partial charge in [0.25, 0.3) is 5.91 Å². The van der Waals surface area contributed by atoms with Gasteiger partial charge in [0.1, 0.15) is 16.7 Å². The first-order valence-corrected chi connectivity index (χ1v) is 12.0. The van der Waals surface area contributed by atoms with E-state index in [1.165, 1.54) is 16.7 Å². The average molecular weight is 539 g/mol. The van der Waals surface area contributed by atoms with Gasteiger partial charge in [-0.3, -0.25) is 14.5 Å². The Morgan fingerprint density at radius 3 is 2.36 bits per heavy atom. The van der Waals surface area contributed by atoms with Gasteiger partial charge in [-0.15, -0.1) is 0 Å². The van der Waals surface area contributed by atoms with Crippen LogP contribution in [0.5, 0.6) is 0 Å². The van der Waals surface area contributed by atoms with E-state index in [-0.39, 0.29) is 11.5 Å². The second-order valence-electron chi connectivity index (χ2n) is 7.20. The molecular weight excluding hydrogens is 522 g/mol. The molecule has 1 unspecified atom stereocenters. The molecule has 8 heteroatoms. The van der Waals surface area contributed by atoms with E-state index < -0.39 is 11.2 Å². The van der Waals surface area contributed by atoms with Crippen molar-refractivity contribution in [2.75, 3.05) is 10.2 Å². The summed E-state index contributed by atoms with van der Waals surface area (Å²) < 4.78 is 0.859. The number of thioether (sulfide) groups is 1. The highest BCUT2D eigenvalue weighted by Gasteiger charge is 2.40. The number of nitriles is 1. The maximum Gasteiger partial charge on any atom is 0.269 e. The fourth-order valence-corrected chi connectivity index (χ4v) is 5.07. The van der Waals surface area contributed by atoms with E-state index >= 15 is 0 Å². The first-order chi connectivity index (χ1) is 16.0. The molecule has 3 aromatic rings. The maximum atomic E-state index is 13.4. The quantitative estimate of drug-likeness (QED) is 0.312. The molecule has 0 aliphatic carbocycles. The molecule has 1 saturated heterocycles. The number of nitrogens with one attached hydrogen (secondary N) is 1. The standard InChI is InChI=1S/C25H17BrClN3O2S/c26-17-6-12-20(13-7-17)30-24(32)22(14-16-4-2-1-3-5-16)33-25(30)21(15-28)23(31)29-19-10-8-18(27)9-11-19/h1-13,22H,14H2,(H,29,31)/b25-21-. The van der Waals surface area contributed by atoms with Gasteiger partial charge in [0.05, 0.1) is 5.25 Å².